The number of nitrogens with zero attached hydrogens (tertiary/aromatic N) is 3. The number of hydrogen-bond acceptors (Lipinski definition) is 4. The molecule has 5 heteroatoms. The molecule has 0 radical (unpaired) electrons. The Hall–Kier alpha value is -0.910. The molecule has 2 atom stereocenters. The Morgan fingerprint density at radius 3 is 2.52 bits per heavy atom. The normalized spacial score (nSPS) is 26.2. The lowest BCUT2D eigenvalue weighted by atomic mass is 10.1. The van der Waals surface area contributed by atoms with Gasteiger partial charge in [0.25, 0.3) is 0 Å². The molecule has 0 saturated carbocycles. The monoisotopic (exact) mass is 307 g/mol. The second-order valence-electron chi connectivity index (χ2n) is 6.45. The number of likely N-dealkylation sites (N-methyl/N-ethyl adjacent to an activating group) is 1. The third-order valence-corrected chi connectivity index (χ3v) is 5.78. The molecule has 21 heavy (non-hydrogen) atoms. The molecule has 116 valence electrons. The topological polar surface area (TPSA) is 26.8 Å². The average molecular weight is 307 g/mol. The Balaban J connectivity index is 1.60. The van der Waals surface area contributed by atoms with Gasteiger partial charge in [-0.15, -0.1) is 11.3 Å². The van der Waals surface area contributed by atoms with Gasteiger partial charge in [-0.05, 0) is 31.9 Å². The number of thiophene rings is 1. The molecular weight excluding hydrogens is 282 g/mol. The molecule has 0 bridgehead atoms. The summed E-state index contributed by atoms with van der Waals surface area (Å²) in [6.45, 7) is 6.06. The highest BCUT2D eigenvalue weighted by atomic mass is 32.1. The van der Waals surface area contributed by atoms with Gasteiger partial charge in [0, 0.05) is 55.6 Å². The maximum atomic E-state index is 11.9. The molecule has 2 fully saturated rings. The maximum absolute atomic E-state index is 11.9. The van der Waals surface area contributed by atoms with Crippen molar-refractivity contribution in [3.05, 3.63) is 21.9 Å². The van der Waals surface area contributed by atoms with Crippen LogP contribution in [0.5, 0.6) is 0 Å². The van der Waals surface area contributed by atoms with Crippen molar-refractivity contribution in [3.63, 3.8) is 0 Å². The summed E-state index contributed by atoms with van der Waals surface area (Å²) in [5.41, 5.74) is 0. The number of carbonyl (C=O) groups is 1. The van der Waals surface area contributed by atoms with Crippen LogP contribution in [0.2, 0.25) is 0 Å². The minimum atomic E-state index is 0.225. The first-order valence-electron chi connectivity index (χ1n) is 7.78. The SMILES string of the molecule is Cc1ccc(CN2CC[C@H]3[C@H]2CCN3CC(=O)N(C)C)s1. The van der Waals surface area contributed by atoms with Crippen LogP contribution in [0.15, 0.2) is 12.1 Å². The Morgan fingerprint density at radius 2 is 1.90 bits per heavy atom. The minimum absolute atomic E-state index is 0.225. The number of hydrogen-bond donors (Lipinski definition) is 0. The fourth-order valence-electron chi connectivity index (χ4n) is 3.64. The van der Waals surface area contributed by atoms with E-state index in [9.17, 15) is 4.79 Å². The molecule has 2 aliphatic rings. The molecule has 3 rings (SSSR count). The van der Waals surface area contributed by atoms with Gasteiger partial charge in [-0.3, -0.25) is 14.6 Å². The van der Waals surface area contributed by atoms with E-state index < -0.39 is 0 Å². The molecule has 0 spiro atoms. The van der Waals surface area contributed by atoms with Gasteiger partial charge < -0.3 is 4.90 Å². The summed E-state index contributed by atoms with van der Waals surface area (Å²) in [7, 11) is 3.69. The molecule has 0 N–H and O–H groups in total. The van der Waals surface area contributed by atoms with E-state index in [1.54, 1.807) is 4.90 Å². The summed E-state index contributed by atoms with van der Waals surface area (Å²) < 4.78 is 0. The van der Waals surface area contributed by atoms with E-state index in [1.165, 1.54) is 29.1 Å². The summed E-state index contributed by atoms with van der Waals surface area (Å²) >= 11 is 1.91. The summed E-state index contributed by atoms with van der Waals surface area (Å²) in [5.74, 6) is 0.225. The van der Waals surface area contributed by atoms with Gasteiger partial charge in [-0.25, -0.2) is 0 Å². The minimum Gasteiger partial charge on any atom is -0.348 e. The lowest BCUT2D eigenvalue weighted by Gasteiger charge is -2.25. The fourth-order valence-corrected chi connectivity index (χ4v) is 4.56. The highest BCUT2D eigenvalue weighted by Gasteiger charge is 2.42. The zero-order valence-corrected chi connectivity index (χ0v) is 14.0. The van der Waals surface area contributed by atoms with Crippen molar-refractivity contribution in [3.8, 4) is 0 Å². The van der Waals surface area contributed by atoms with Crippen LogP contribution in [0.1, 0.15) is 22.6 Å². The second-order valence-corrected chi connectivity index (χ2v) is 7.83. The Morgan fingerprint density at radius 1 is 1.24 bits per heavy atom. The van der Waals surface area contributed by atoms with Crippen molar-refractivity contribution in [2.45, 2.75) is 38.4 Å². The van der Waals surface area contributed by atoms with E-state index in [-0.39, 0.29) is 5.91 Å². The number of fused-ring (bicyclic) bond motifs is 1. The van der Waals surface area contributed by atoms with Crippen LogP contribution in [0.25, 0.3) is 0 Å². The smallest absolute Gasteiger partial charge is 0.236 e. The molecule has 1 aromatic heterocycles. The Labute approximate surface area is 131 Å². The Bertz CT molecular complexity index is 513. The number of carbonyl (C=O) groups excluding carboxylic acids is 1. The largest absolute Gasteiger partial charge is 0.348 e. The maximum Gasteiger partial charge on any atom is 0.236 e. The molecule has 0 aromatic carbocycles. The van der Waals surface area contributed by atoms with Gasteiger partial charge in [0.15, 0.2) is 0 Å². The van der Waals surface area contributed by atoms with E-state index in [0.29, 0.717) is 18.6 Å². The third-order valence-electron chi connectivity index (χ3n) is 4.80. The lowest BCUT2D eigenvalue weighted by molar-refractivity contribution is -0.130. The van der Waals surface area contributed by atoms with Gasteiger partial charge in [0.1, 0.15) is 0 Å². The molecule has 0 aliphatic carbocycles. The van der Waals surface area contributed by atoms with Crippen molar-refractivity contribution < 1.29 is 4.79 Å². The highest BCUT2D eigenvalue weighted by molar-refractivity contribution is 7.11. The molecule has 1 amide bonds. The van der Waals surface area contributed by atoms with Gasteiger partial charge in [-0.1, -0.05) is 0 Å². The van der Waals surface area contributed by atoms with Crippen LogP contribution in [0.3, 0.4) is 0 Å². The summed E-state index contributed by atoms with van der Waals surface area (Å²) in [6, 6.07) is 5.69. The van der Waals surface area contributed by atoms with Gasteiger partial charge in [0.2, 0.25) is 5.91 Å². The third kappa shape index (κ3) is 3.15. The predicted molar refractivity (Wildman–Crippen MR) is 86.5 cm³/mol. The van der Waals surface area contributed by atoms with E-state index in [2.05, 4.69) is 28.9 Å². The molecule has 4 nitrogen and oxygen atoms in total. The van der Waals surface area contributed by atoms with E-state index in [1.807, 2.05) is 25.4 Å². The predicted octanol–water partition coefficient (Wildman–Crippen LogP) is 1.79. The highest BCUT2D eigenvalue weighted by Crippen LogP contribution is 2.33. The van der Waals surface area contributed by atoms with Crippen LogP contribution >= 0.6 is 11.3 Å². The first-order chi connectivity index (χ1) is 10.0. The van der Waals surface area contributed by atoms with Crippen LogP contribution in [-0.4, -0.2) is 66.4 Å². The summed E-state index contributed by atoms with van der Waals surface area (Å²) in [4.78, 5) is 21.5. The zero-order valence-electron chi connectivity index (χ0n) is 13.2. The quantitative estimate of drug-likeness (QED) is 0.848. The van der Waals surface area contributed by atoms with Crippen LogP contribution in [-0.2, 0) is 11.3 Å². The summed E-state index contributed by atoms with van der Waals surface area (Å²) in [6.07, 6.45) is 2.41. The first kappa shape index (κ1) is 15.0. The second kappa shape index (κ2) is 6.07. The van der Waals surface area contributed by atoms with Crippen molar-refractivity contribution in [1.82, 2.24) is 14.7 Å². The molecule has 1 aromatic rings. The number of rotatable bonds is 4. The number of amides is 1. The van der Waals surface area contributed by atoms with E-state index >= 15 is 0 Å². The van der Waals surface area contributed by atoms with Crippen molar-refractivity contribution in [2.75, 3.05) is 33.7 Å². The number of aryl methyl sites for hydroxylation is 1. The van der Waals surface area contributed by atoms with Gasteiger partial charge in [-0.2, -0.15) is 0 Å². The van der Waals surface area contributed by atoms with Crippen LogP contribution < -0.4 is 0 Å². The molecular formula is C16H25N3OS. The van der Waals surface area contributed by atoms with Crippen molar-refractivity contribution >= 4 is 17.2 Å². The van der Waals surface area contributed by atoms with Crippen molar-refractivity contribution in [2.24, 2.45) is 0 Å². The fraction of sp³-hybridized carbons (Fsp3) is 0.688. The Kier molecular flexibility index (Phi) is 4.33. The van der Waals surface area contributed by atoms with Crippen LogP contribution in [0, 0.1) is 6.92 Å². The lowest BCUT2D eigenvalue weighted by Crippen LogP contribution is -2.41. The van der Waals surface area contributed by atoms with Crippen molar-refractivity contribution in [1.29, 1.82) is 0 Å². The van der Waals surface area contributed by atoms with E-state index in [0.717, 1.165) is 13.1 Å². The molecule has 0 unspecified atom stereocenters. The van der Waals surface area contributed by atoms with Gasteiger partial charge >= 0.3 is 0 Å². The standard InChI is InChI=1S/C16H25N3OS/c1-12-4-5-13(21-12)10-18-8-6-15-14(18)7-9-19(15)11-16(20)17(2)3/h4-5,14-15H,6-11H2,1-3H3/t14-,15+/m1/s1. The average Bonchev–Trinajstić information content (AvgIpc) is 3.10. The summed E-state index contributed by atoms with van der Waals surface area (Å²) in [5, 5.41) is 0. The van der Waals surface area contributed by atoms with Gasteiger partial charge in [0.05, 0.1) is 6.54 Å². The molecule has 3 heterocycles. The molecule has 2 saturated heterocycles. The molecule has 2 aliphatic heterocycles. The van der Waals surface area contributed by atoms with E-state index in [4.69, 9.17) is 0 Å². The zero-order chi connectivity index (χ0) is 15.0. The van der Waals surface area contributed by atoms with Crippen LogP contribution in [0.4, 0.5) is 0 Å². The first-order valence-corrected chi connectivity index (χ1v) is 8.60. The number of likely N-dealkylation sites (tertiary alicyclic amines) is 2.